The van der Waals surface area contributed by atoms with Crippen LogP contribution in [-0.2, 0) is 19.5 Å². The van der Waals surface area contributed by atoms with Crippen molar-refractivity contribution in [3.63, 3.8) is 0 Å². The fourth-order valence-corrected chi connectivity index (χ4v) is 1.98. The van der Waals surface area contributed by atoms with E-state index in [1.807, 2.05) is 13.0 Å². The summed E-state index contributed by atoms with van der Waals surface area (Å²) < 4.78 is 5.26. The quantitative estimate of drug-likeness (QED) is 0.421. The molecule has 0 amide bonds. The predicted octanol–water partition coefficient (Wildman–Crippen LogP) is 3.42. The lowest BCUT2D eigenvalue weighted by atomic mass is 10.1. The number of aliphatic imine (C=N–C) groups is 1. The Morgan fingerprint density at radius 2 is 1.91 bits per heavy atom. The van der Waals surface area contributed by atoms with Crippen LogP contribution in [0.25, 0.3) is 0 Å². The number of aromatic nitrogens is 1. The van der Waals surface area contributed by atoms with E-state index in [0.29, 0.717) is 13.1 Å². The Morgan fingerprint density at radius 1 is 1.17 bits per heavy atom. The second-order valence-corrected chi connectivity index (χ2v) is 5.17. The fraction of sp³-hybridized carbons (Fsp3) is 0.412. The molecule has 0 radical (unpaired) electrons. The second-order valence-electron chi connectivity index (χ2n) is 5.17. The molecule has 126 valence electrons. The number of nitrogens with zero attached hydrogens (tertiary/aromatic N) is 2. The van der Waals surface area contributed by atoms with Crippen molar-refractivity contribution in [1.82, 2.24) is 15.8 Å². The molecule has 0 unspecified atom stereocenters. The molecule has 23 heavy (non-hydrogen) atoms. The number of aryl methyl sites for hydroxylation is 2. The molecule has 0 aliphatic heterocycles. The Labute approximate surface area is 155 Å². The van der Waals surface area contributed by atoms with Crippen LogP contribution in [-0.4, -0.2) is 17.7 Å². The SMILES string of the molecule is CCNC(=NCc1ccc(C)cc1)NCc1cc(CC)no1.I. The van der Waals surface area contributed by atoms with E-state index in [-0.39, 0.29) is 24.0 Å². The van der Waals surface area contributed by atoms with Gasteiger partial charge in [-0.15, -0.1) is 24.0 Å². The summed E-state index contributed by atoms with van der Waals surface area (Å²) in [6.07, 6.45) is 0.880. The minimum atomic E-state index is 0. The summed E-state index contributed by atoms with van der Waals surface area (Å²) in [4.78, 5) is 4.59. The van der Waals surface area contributed by atoms with Gasteiger partial charge in [-0.25, -0.2) is 4.99 Å². The molecule has 5 nitrogen and oxygen atoms in total. The van der Waals surface area contributed by atoms with Crippen LogP contribution in [0.15, 0.2) is 39.8 Å². The van der Waals surface area contributed by atoms with Gasteiger partial charge >= 0.3 is 0 Å². The molecule has 0 aliphatic carbocycles. The van der Waals surface area contributed by atoms with E-state index in [0.717, 1.165) is 30.4 Å². The molecule has 2 rings (SSSR count). The number of benzene rings is 1. The van der Waals surface area contributed by atoms with Gasteiger partial charge in [0.2, 0.25) is 0 Å². The summed E-state index contributed by atoms with van der Waals surface area (Å²) in [5, 5.41) is 10.5. The van der Waals surface area contributed by atoms with Gasteiger partial charge in [0.05, 0.1) is 18.8 Å². The van der Waals surface area contributed by atoms with Crippen LogP contribution >= 0.6 is 24.0 Å². The monoisotopic (exact) mass is 428 g/mol. The smallest absolute Gasteiger partial charge is 0.191 e. The molecule has 0 spiro atoms. The summed E-state index contributed by atoms with van der Waals surface area (Å²) in [7, 11) is 0. The van der Waals surface area contributed by atoms with Crippen molar-refractivity contribution in [3.8, 4) is 0 Å². The van der Waals surface area contributed by atoms with Crippen molar-refractivity contribution in [1.29, 1.82) is 0 Å². The highest BCUT2D eigenvalue weighted by Crippen LogP contribution is 2.05. The molecule has 6 heteroatoms. The third-order valence-electron chi connectivity index (χ3n) is 3.28. The number of nitrogens with one attached hydrogen (secondary N) is 2. The fourth-order valence-electron chi connectivity index (χ4n) is 1.98. The molecule has 0 aliphatic rings. The summed E-state index contributed by atoms with van der Waals surface area (Å²) in [6, 6.07) is 10.4. The summed E-state index contributed by atoms with van der Waals surface area (Å²) in [6.45, 7) is 8.23. The van der Waals surface area contributed by atoms with Crippen molar-refractivity contribution in [3.05, 3.63) is 52.9 Å². The number of halogens is 1. The lowest BCUT2D eigenvalue weighted by Crippen LogP contribution is -2.36. The van der Waals surface area contributed by atoms with Crippen LogP contribution in [0, 0.1) is 6.92 Å². The molecule has 0 atom stereocenters. The minimum absolute atomic E-state index is 0. The third kappa shape index (κ3) is 6.60. The van der Waals surface area contributed by atoms with Crippen LogP contribution in [0.4, 0.5) is 0 Å². The Balaban J connectivity index is 0.00000264. The van der Waals surface area contributed by atoms with Gasteiger partial charge in [0.25, 0.3) is 0 Å². The van der Waals surface area contributed by atoms with Gasteiger partial charge < -0.3 is 15.2 Å². The summed E-state index contributed by atoms with van der Waals surface area (Å²) >= 11 is 0. The van der Waals surface area contributed by atoms with Crippen LogP contribution in [0.3, 0.4) is 0 Å². The van der Waals surface area contributed by atoms with E-state index in [1.54, 1.807) is 0 Å². The second kappa shape index (κ2) is 10.3. The molecule has 2 aromatic rings. The number of rotatable bonds is 6. The molecule has 1 aromatic carbocycles. The lowest BCUT2D eigenvalue weighted by Gasteiger charge is -2.09. The average Bonchev–Trinajstić information content (AvgIpc) is 3.00. The van der Waals surface area contributed by atoms with Crippen LogP contribution < -0.4 is 10.6 Å². The van der Waals surface area contributed by atoms with E-state index < -0.39 is 0 Å². The Bertz CT molecular complexity index is 607. The maximum absolute atomic E-state index is 5.26. The van der Waals surface area contributed by atoms with E-state index in [9.17, 15) is 0 Å². The van der Waals surface area contributed by atoms with E-state index in [1.165, 1.54) is 11.1 Å². The largest absolute Gasteiger partial charge is 0.359 e. The Kier molecular flexibility index (Phi) is 8.68. The molecule has 1 heterocycles. The number of hydrogen-bond donors (Lipinski definition) is 2. The predicted molar refractivity (Wildman–Crippen MR) is 104 cm³/mol. The molecule has 0 fully saturated rings. The molecule has 2 N–H and O–H groups in total. The van der Waals surface area contributed by atoms with E-state index in [4.69, 9.17) is 4.52 Å². The standard InChI is InChI=1S/C17H24N4O.HI/c1-4-15-10-16(22-21-15)12-20-17(18-5-2)19-11-14-8-6-13(3)7-9-14;/h6-10H,4-5,11-12H2,1-3H3,(H2,18,19,20);1H. The normalized spacial score (nSPS) is 11.0. The highest BCUT2D eigenvalue weighted by Gasteiger charge is 2.04. The van der Waals surface area contributed by atoms with Crippen molar-refractivity contribution < 1.29 is 4.52 Å². The van der Waals surface area contributed by atoms with Gasteiger partial charge in [0, 0.05) is 12.6 Å². The first-order valence-electron chi connectivity index (χ1n) is 7.73. The van der Waals surface area contributed by atoms with Gasteiger partial charge in [-0.1, -0.05) is 41.9 Å². The van der Waals surface area contributed by atoms with Crippen LogP contribution in [0.1, 0.15) is 36.4 Å². The first-order valence-corrected chi connectivity index (χ1v) is 7.73. The zero-order valence-electron chi connectivity index (χ0n) is 13.9. The maximum atomic E-state index is 5.26. The molecule has 0 saturated carbocycles. The van der Waals surface area contributed by atoms with E-state index >= 15 is 0 Å². The van der Waals surface area contributed by atoms with Gasteiger partial charge in [-0.2, -0.15) is 0 Å². The molecule has 0 saturated heterocycles. The zero-order chi connectivity index (χ0) is 15.8. The molecular formula is C17H25IN4O. The van der Waals surface area contributed by atoms with Gasteiger partial charge in [0.15, 0.2) is 11.7 Å². The summed E-state index contributed by atoms with van der Waals surface area (Å²) in [5.41, 5.74) is 3.42. The van der Waals surface area contributed by atoms with Gasteiger partial charge in [-0.05, 0) is 25.8 Å². The number of guanidine groups is 1. The van der Waals surface area contributed by atoms with Crippen molar-refractivity contribution in [2.24, 2.45) is 4.99 Å². The first kappa shape index (κ1) is 19.5. The highest BCUT2D eigenvalue weighted by atomic mass is 127. The van der Waals surface area contributed by atoms with Gasteiger partial charge in [-0.3, -0.25) is 0 Å². The van der Waals surface area contributed by atoms with Crippen molar-refractivity contribution in [2.75, 3.05) is 6.54 Å². The molecule has 1 aromatic heterocycles. The number of hydrogen-bond acceptors (Lipinski definition) is 3. The van der Waals surface area contributed by atoms with Crippen LogP contribution in [0.5, 0.6) is 0 Å². The lowest BCUT2D eigenvalue weighted by molar-refractivity contribution is 0.374. The highest BCUT2D eigenvalue weighted by molar-refractivity contribution is 14.0. The maximum Gasteiger partial charge on any atom is 0.191 e. The first-order chi connectivity index (χ1) is 10.7. The van der Waals surface area contributed by atoms with Crippen molar-refractivity contribution in [2.45, 2.75) is 40.3 Å². The molecule has 0 bridgehead atoms. The third-order valence-corrected chi connectivity index (χ3v) is 3.28. The topological polar surface area (TPSA) is 62.5 Å². The summed E-state index contributed by atoms with van der Waals surface area (Å²) in [5.74, 6) is 1.59. The minimum Gasteiger partial charge on any atom is -0.359 e. The van der Waals surface area contributed by atoms with E-state index in [2.05, 4.69) is 58.9 Å². The zero-order valence-corrected chi connectivity index (χ0v) is 16.3. The average molecular weight is 428 g/mol. The molecular weight excluding hydrogens is 403 g/mol. The Morgan fingerprint density at radius 3 is 2.52 bits per heavy atom. The van der Waals surface area contributed by atoms with Crippen molar-refractivity contribution >= 4 is 29.9 Å². The Hall–Kier alpha value is -1.57. The van der Waals surface area contributed by atoms with Crippen LogP contribution in [0.2, 0.25) is 0 Å². The van der Waals surface area contributed by atoms with Gasteiger partial charge in [0.1, 0.15) is 0 Å².